The quantitative estimate of drug-likeness (QED) is 0.679. The molecule has 0 aliphatic carbocycles. The van der Waals surface area contributed by atoms with Crippen LogP contribution < -0.4 is 5.73 Å². The summed E-state index contributed by atoms with van der Waals surface area (Å²) in [4.78, 5) is 22.6. The topological polar surface area (TPSA) is 78.6 Å². The zero-order chi connectivity index (χ0) is 13.4. The number of methoxy groups -OCH3 is 1. The second-order valence-electron chi connectivity index (χ2n) is 4.59. The summed E-state index contributed by atoms with van der Waals surface area (Å²) in [5, 5.41) is 0. The first kappa shape index (κ1) is 15.9. The summed E-state index contributed by atoms with van der Waals surface area (Å²) < 4.78 is 9.42. The number of esters is 2. The van der Waals surface area contributed by atoms with Gasteiger partial charge in [-0.3, -0.25) is 4.79 Å². The Bertz CT molecular complexity index is 253. The van der Waals surface area contributed by atoms with Crippen molar-refractivity contribution in [3.05, 3.63) is 0 Å². The molecule has 0 saturated heterocycles. The van der Waals surface area contributed by atoms with E-state index in [1.165, 1.54) is 14.0 Å². The van der Waals surface area contributed by atoms with Gasteiger partial charge in [0.15, 0.2) is 6.10 Å². The van der Waals surface area contributed by atoms with E-state index in [-0.39, 0.29) is 12.3 Å². The van der Waals surface area contributed by atoms with E-state index in [0.717, 1.165) is 6.42 Å². The highest BCUT2D eigenvalue weighted by Crippen LogP contribution is 2.15. The molecule has 0 unspecified atom stereocenters. The van der Waals surface area contributed by atoms with E-state index in [9.17, 15) is 9.59 Å². The van der Waals surface area contributed by atoms with E-state index in [1.807, 2.05) is 0 Å². The molecule has 0 amide bonds. The summed E-state index contributed by atoms with van der Waals surface area (Å²) in [6.45, 7) is 6.08. The van der Waals surface area contributed by atoms with Gasteiger partial charge in [0.05, 0.1) is 7.11 Å². The van der Waals surface area contributed by atoms with Crippen molar-refractivity contribution in [1.82, 2.24) is 0 Å². The molecule has 0 saturated carbocycles. The van der Waals surface area contributed by atoms with Crippen molar-refractivity contribution in [3.8, 4) is 0 Å². The normalized spacial score (nSPS) is 14.2. The Morgan fingerprint density at radius 1 is 1.24 bits per heavy atom. The van der Waals surface area contributed by atoms with E-state index < -0.39 is 18.0 Å². The molecule has 0 aromatic rings. The van der Waals surface area contributed by atoms with Crippen LogP contribution in [0, 0.1) is 11.8 Å². The summed E-state index contributed by atoms with van der Waals surface area (Å²) in [5.74, 6) is -0.368. The van der Waals surface area contributed by atoms with Crippen molar-refractivity contribution in [1.29, 1.82) is 0 Å². The van der Waals surface area contributed by atoms with Crippen LogP contribution in [0.1, 0.15) is 33.6 Å². The SMILES string of the molecule is COC(=O)[C@@H](C)OC(=O)C[C@@H](CN)CC(C)C. The number of hydrogen-bond acceptors (Lipinski definition) is 5. The lowest BCUT2D eigenvalue weighted by atomic mass is 9.94. The van der Waals surface area contributed by atoms with Gasteiger partial charge in [-0.25, -0.2) is 4.79 Å². The number of ether oxygens (including phenoxy) is 2. The van der Waals surface area contributed by atoms with Gasteiger partial charge in [0, 0.05) is 6.42 Å². The van der Waals surface area contributed by atoms with Gasteiger partial charge in [-0.05, 0) is 31.7 Å². The first-order chi connectivity index (χ1) is 7.90. The minimum Gasteiger partial charge on any atom is -0.466 e. The van der Waals surface area contributed by atoms with Crippen LogP contribution in [0.4, 0.5) is 0 Å². The zero-order valence-corrected chi connectivity index (χ0v) is 11.1. The number of rotatable bonds is 7. The van der Waals surface area contributed by atoms with Crippen molar-refractivity contribution in [2.45, 2.75) is 39.7 Å². The van der Waals surface area contributed by atoms with Crippen LogP contribution in [0.3, 0.4) is 0 Å². The van der Waals surface area contributed by atoms with Crippen LogP contribution in [-0.4, -0.2) is 31.7 Å². The Labute approximate surface area is 103 Å². The van der Waals surface area contributed by atoms with E-state index in [4.69, 9.17) is 10.5 Å². The van der Waals surface area contributed by atoms with E-state index in [1.54, 1.807) is 0 Å². The lowest BCUT2D eigenvalue weighted by molar-refractivity contribution is -0.165. The van der Waals surface area contributed by atoms with Crippen LogP contribution >= 0.6 is 0 Å². The Hall–Kier alpha value is -1.10. The molecule has 2 N–H and O–H groups in total. The lowest BCUT2D eigenvalue weighted by Crippen LogP contribution is -2.28. The molecule has 0 aliphatic rings. The van der Waals surface area contributed by atoms with Crippen molar-refractivity contribution in [2.24, 2.45) is 17.6 Å². The van der Waals surface area contributed by atoms with Crippen molar-refractivity contribution in [3.63, 3.8) is 0 Å². The molecule has 0 radical (unpaired) electrons. The number of hydrogen-bond donors (Lipinski definition) is 1. The van der Waals surface area contributed by atoms with E-state index in [2.05, 4.69) is 18.6 Å². The minimum absolute atomic E-state index is 0.104. The molecule has 5 nitrogen and oxygen atoms in total. The number of carbonyl (C=O) groups is 2. The van der Waals surface area contributed by atoms with Crippen LogP contribution in [0.2, 0.25) is 0 Å². The summed E-state index contributed by atoms with van der Waals surface area (Å²) in [7, 11) is 1.26. The van der Waals surface area contributed by atoms with E-state index >= 15 is 0 Å². The Balaban J connectivity index is 4.10. The van der Waals surface area contributed by atoms with Crippen molar-refractivity contribution < 1.29 is 19.1 Å². The molecule has 0 rings (SSSR count). The highest BCUT2D eigenvalue weighted by atomic mass is 16.6. The highest BCUT2D eigenvalue weighted by molar-refractivity contribution is 5.78. The fourth-order valence-electron chi connectivity index (χ4n) is 1.62. The van der Waals surface area contributed by atoms with Crippen LogP contribution in [0.5, 0.6) is 0 Å². The average Bonchev–Trinajstić information content (AvgIpc) is 2.25. The van der Waals surface area contributed by atoms with Gasteiger partial charge >= 0.3 is 11.9 Å². The lowest BCUT2D eigenvalue weighted by Gasteiger charge is -2.17. The monoisotopic (exact) mass is 245 g/mol. The Kier molecular flexibility index (Phi) is 7.54. The third-order valence-corrected chi connectivity index (χ3v) is 2.43. The Morgan fingerprint density at radius 3 is 2.24 bits per heavy atom. The summed E-state index contributed by atoms with van der Waals surface area (Å²) in [5.41, 5.74) is 5.59. The van der Waals surface area contributed by atoms with Crippen LogP contribution in [0.25, 0.3) is 0 Å². The third-order valence-electron chi connectivity index (χ3n) is 2.43. The van der Waals surface area contributed by atoms with Gasteiger partial charge in [0.25, 0.3) is 0 Å². The average molecular weight is 245 g/mol. The second kappa shape index (κ2) is 8.06. The molecular formula is C12H23NO4. The van der Waals surface area contributed by atoms with Crippen LogP contribution in [0.15, 0.2) is 0 Å². The highest BCUT2D eigenvalue weighted by Gasteiger charge is 2.21. The van der Waals surface area contributed by atoms with Gasteiger partial charge < -0.3 is 15.2 Å². The maximum atomic E-state index is 11.5. The zero-order valence-electron chi connectivity index (χ0n) is 11.1. The fourth-order valence-corrected chi connectivity index (χ4v) is 1.62. The molecule has 0 fully saturated rings. The van der Waals surface area contributed by atoms with E-state index in [0.29, 0.717) is 12.5 Å². The third kappa shape index (κ3) is 6.94. The van der Waals surface area contributed by atoms with Crippen molar-refractivity contribution >= 4 is 11.9 Å². The first-order valence-electron chi connectivity index (χ1n) is 5.88. The molecule has 17 heavy (non-hydrogen) atoms. The fraction of sp³-hybridized carbons (Fsp3) is 0.833. The molecule has 5 heteroatoms. The molecule has 0 spiro atoms. The summed E-state index contributed by atoms with van der Waals surface area (Å²) in [6.07, 6.45) is 0.263. The molecular weight excluding hydrogens is 222 g/mol. The van der Waals surface area contributed by atoms with Crippen molar-refractivity contribution in [2.75, 3.05) is 13.7 Å². The smallest absolute Gasteiger partial charge is 0.346 e. The molecule has 0 aliphatic heterocycles. The molecule has 2 atom stereocenters. The van der Waals surface area contributed by atoms with Gasteiger partial charge in [-0.2, -0.15) is 0 Å². The maximum Gasteiger partial charge on any atom is 0.346 e. The molecule has 100 valence electrons. The summed E-state index contributed by atoms with van der Waals surface area (Å²) >= 11 is 0. The van der Waals surface area contributed by atoms with Crippen LogP contribution in [-0.2, 0) is 19.1 Å². The number of nitrogens with two attached hydrogens (primary N) is 1. The van der Waals surface area contributed by atoms with Gasteiger partial charge in [-0.15, -0.1) is 0 Å². The number of carbonyl (C=O) groups excluding carboxylic acids is 2. The molecule has 0 aromatic carbocycles. The minimum atomic E-state index is -0.857. The first-order valence-corrected chi connectivity index (χ1v) is 5.88. The predicted molar refractivity (Wildman–Crippen MR) is 64.2 cm³/mol. The van der Waals surface area contributed by atoms with Gasteiger partial charge in [0.1, 0.15) is 0 Å². The van der Waals surface area contributed by atoms with Gasteiger partial charge in [-0.1, -0.05) is 13.8 Å². The molecule has 0 heterocycles. The largest absolute Gasteiger partial charge is 0.466 e. The molecule has 0 bridgehead atoms. The predicted octanol–water partition coefficient (Wildman–Crippen LogP) is 1.10. The maximum absolute atomic E-state index is 11.5. The Morgan fingerprint density at radius 2 is 1.82 bits per heavy atom. The standard InChI is InChI=1S/C12H23NO4/c1-8(2)5-10(7-13)6-11(14)17-9(3)12(15)16-4/h8-10H,5-7,13H2,1-4H3/t9-,10+/m1/s1. The van der Waals surface area contributed by atoms with Gasteiger partial charge in [0.2, 0.25) is 0 Å². The summed E-state index contributed by atoms with van der Waals surface area (Å²) in [6, 6.07) is 0. The second-order valence-corrected chi connectivity index (χ2v) is 4.59. The molecule has 0 aromatic heterocycles.